The van der Waals surface area contributed by atoms with E-state index in [1.807, 2.05) is 18.2 Å². The van der Waals surface area contributed by atoms with Gasteiger partial charge in [-0.15, -0.1) is 11.3 Å². The normalized spacial score (nSPS) is 14.9. The molecular weight excluding hydrogens is 358 g/mol. The van der Waals surface area contributed by atoms with E-state index in [1.54, 1.807) is 16.2 Å². The summed E-state index contributed by atoms with van der Waals surface area (Å²) in [6.07, 6.45) is 3.88. The molecule has 0 atom stereocenters. The summed E-state index contributed by atoms with van der Waals surface area (Å²) in [5.41, 5.74) is 2.03. The molecule has 27 heavy (non-hydrogen) atoms. The molecule has 0 spiro atoms. The molecule has 1 aliphatic heterocycles. The van der Waals surface area contributed by atoms with Gasteiger partial charge in [0.15, 0.2) is 0 Å². The van der Waals surface area contributed by atoms with E-state index >= 15 is 0 Å². The number of aliphatic hydroxyl groups is 1. The summed E-state index contributed by atoms with van der Waals surface area (Å²) in [5.74, 6) is 0. The Morgan fingerprint density at radius 2 is 2.04 bits per heavy atom. The van der Waals surface area contributed by atoms with Gasteiger partial charge in [-0.05, 0) is 62.7 Å². The Kier molecular flexibility index (Phi) is 7.26. The zero-order valence-corrected chi connectivity index (χ0v) is 16.8. The quantitative estimate of drug-likeness (QED) is 0.753. The minimum absolute atomic E-state index is 0.0488. The number of carbonyl (C=O) groups is 1. The van der Waals surface area contributed by atoms with Crippen molar-refractivity contribution in [1.29, 1.82) is 0 Å². The average Bonchev–Trinajstić information content (AvgIpc) is 3.07. The van der Waals surface area contributed by atoms with E-state index < -0.39 is 0 Å². The van der Waals surface area contributed by atoms with Gasteiger partial charge >= 0.3 is 6.03 Å². The van der Waals surface area contributed by atoms with Crippen LogP contribution in [0.15, 0.2) is 36.4 Å². The summed E-state index contributed by atoms with van der Waals surface area (Å²) in [6, 6.07) is 12.0. The van der Waals surface area contributed by atoms with Gasteiger partial charge in [-0.3, -0.25) is 4.90 Å². The molecule has 0 bridgehead atoms. The molecule has 1 fully saturated rings. The first-order valence-electron chi connectivity index (χ1n) is 9.67. The zero-order valence-electron chi connectivity index (χ0n) is 16.0. The van der Waals surface area contributed by atoms with Crippen LogP contribution in [-0.4, -0.2) is 47.2 Å². The highest BCUT2D eigenvalue weighted by Crippen LogP contribution is 2.19. The average molecular weight is 388 g/mol. The lowest BCUT2D eigenvalue weighted by molar-refractivity contribution is 0.186. The third-order valence-corrected chi connectivity index (χ3v) is 5.82. The van der Waals surface area contributed by atoms with Crippen molar-refractivity contribution in [3.05, 3.63) is 51.7 Å². The van der Waals surface area contributed by atoms with Gasteiger partial charge in [0, 0.05) is 28.5 Å². The van der Waals surface area contributed by atoms with E-state index in [0.29, 0.717) is 13.1 Å². The molecule has 1 saturated heterocycles. The van der Waals surface area contributed by atoms with E-state index in [-0.39, 0.29) is 12.6 Å². The molecule has 1 aliphatic rings. The maximum absolute atomic E-state index is 12.7. The van der Waals surface area contributed by atoms with Crippen LogP contribution in [0.25, 0.3) is 0 Å². The number of nitrogens with one attached hydrogen (secondary N) is 1. The molecule has 0 saturated carbocycles. The van der Waals surface area contributed by atoms with Crippen LogP contribution in [0.4, 0.5) is 10.5 Å². The number of hydrogen-bond donors (Lipinski definition) is 2. The fourth-order valence-electron chi connectivity index (χ4n) is 3.46. The molecule has 6 heteroatoms. The Hall–Kier alpha value is -1.89. The number of amides is 2. The summed E-state index contributed by atoms with van der Waals surface area (Å²) in [4.78, 5) is 19.2. The minimum atomic E-state index is -0.176. The summed E-state index contributed by atoms with van der Waals surface area (Å²) in [6.45, 7) is 6.07. The van der Waals surface area contributed by atoms with Crippen molar-refractivity contribution >= 4 is 23.1 Å². The number of benzene rings is 1. The predicted octanol–water partition coefficient (Wildman–Crippen LogP) is 4.07. The highest BCUT2D eigenvalue weighted by Gasteiger charge is 2.15. The Balaban J connectivity index is 1.61. The Bertz CT molecular complexity index is 741. The monoisotopic (exact) mass is 387 g/mol. The molecule has 5 nitrogen and oxygen atoms in total. The fraction of sp³-hybridized carbons (Fsp3) is 0.476. The van der Waals surface area contributed by atoms with Crippen molar-refractivity contribution in [3.63, 3.8) is 0 Å². The molecule has 2 heterocycles. The van der Waals surface area contributed by atoms with Crippen LogP contribution < -0.4 is 5.32 Å². The van der Waals surface area contributed by atoms with E-state index in [0.717, 1.165) is 30.2 Å². The predicted molar refractivity (Wildman–Crippen MR) is 111 cm³/mol. The molecule has 1 aromatic heterocycles. The number of aryl methyl sites for hydroxylation is 1. The van der Waals surface area contributed by atoms with Gasteiger partial charge < -0.3 is 15.3 Å². The number of hydrogen-bond acceptors (Lipinski definition) is 4. The maximum Gasteiger partial charge on any atom is 0.322 e. The number of piperidine rings is 1. The lowest BCUT2D eigenvalue weighted by Gasteiger charge is -2.26. The zero-order chi connectivity index (χ0) is 19.1. The second-order valence-electron chi connectivity index (χ2n) is 7.12. The van der Waals surface area contributed by atoms with Gasteiger partial charge in [-0.25, -0.2) is 4.79 Å². The maximum atomic E-state index is 12.7. The van der Waals surface area contributed by atoms with Gasteiger partial charge in [-0.1, -0.05) is 18.6 Å². The number of rotatable bonds is 7. The number of nitrogens with zero attached hydrogens (tertiary/aromatic N) is 2. The number of carbonyl (C=O) groups excluding carboxylic acids is 1. The molecular formula is C21H29N3O2S. The van der Waals surface area contributed by atoms with Crippen LogP contribution in [0, 0.1) is 6.92 Å². The third kappa shape index (κ3) is 6.06. The van der Waals surface area contributed by atoms with E-state index in [9.17, 15) is 9.90 Å². The van der Waals surface area contributed by atoms with Crippen LogP contribution in [-0.2, 0) is 13.1 Å². The molecule has 3 rings (SSSR count). The van der Waals surface area contributed by atoms with Crippen LogP contribution in [0.5, 0.6) is 0 Å². The largest absolute Gasteiger partial charge is 0.395 e. The van der Waals surface area contributed by atoms with Crippen LogP contribution >= 0.6 is 11.3 Å². The number of thiophene rings is 1. The molecule has 0 radical (unpaired) electrons. The number of anilines is 1. The van der Waals surface area contributed by atoms with Crippen LogP contribution in [0.3, 0.4) is 0 Å². The molecule has 1 aromatic carbocycles. The van der Waals surface area contributed by atoms with Crippen LogP contribution in [0.2, 0.25) is 0 Å². The third-order valence-electron chi connectivity index (χ3n) is 4.83. The van der Waals surface area contributed by atoms with Gasteiger partial charge in [0.25, 0.3) is 0 Å². The first-order valence-corrected chi connectivity index (χ1v) is 10.5. The van der Waals surface area contributed by atoms with Gasteiger partial charge in [-0.2, -0.15) is 0 Å². The molecule has 0 unspecified atom stereocenters. The minimum Gasteiger partial charge on any atom is -0.395 e. The smallest absolute Gasteiger partial charge is 0.322 e. The Labute approximate surface area is 165 Å². The van der Waals surface area contributed by atoms with E-state index in [4.69, 9.17) is 0 Å². The summed E-state index contributed by atoms with van der Waals surface area (Å²) in [7, 11) is 0. The molecule has 2 amide bonds. The van der Waals surface area contributed by atoms with Crippen LogP contribution in [0.1, 0.15) is 34.6 Å². The Morgan fingerprint density at radius 1 is 1.22 bits per heavy atom. The highest BCUT2D eigenvalue weighted by molar-refractivity contribution is 7.11. The first kappa shape index (κ1) is 19.9. The summed E-state index contributed by atoms with van der Waals surface area (Å²) >= 11 is 1.68. The van der Waals surface area contributed by atoms with Gasteiger partial charge in [0.2, 0.25) is 0 Å². The summed E-state index contributed by atoms with van der Waals surface area (Å²) < 4.78 is 0. The van der Waals surface area contributed by atoms with Crippen molar-refractivity contribution in [2.24, 2.45) is 0 Å². The van der Waals surface area contributed by atoms with Gasteiger partial charge in [0.1, 0.15) is 0 Å². The SMILES string of the molecule is Cc1ccc(CN(CCO)C(=O)Nc2cccc(CN3CCCCC3)c2)s1. The lowest BCUT2D eigenvalue weighted by Crippen LogP contribution is -2.36. The highest BCUT2D eigenvalue weighted by atomic mass is 32.1. The second kappa shape index (κ2) is 9.88. The molecule has 2 aromatic rings. The molecule has 146 valence electrons. The number of urea groups is 1. The lowest BCUT2D eigenvalue weighted by atomic mass is 10.1. The number of aliphatic hydroxyl groups excluding tert-OH is 1. The van der Waals surface area contributed by atoms with Crippen molar-refractivity contribution in [1.82, 2.24) is 9.80 Å². The molecule has 2 N–H and O–H groups in total. The van der Waals surface area contributed by atoms with E-state index in [1.165, 1.54) is 29.7 Å². The van der Waals surface area contributed by atoms with Crippen molar-refractivity contribution in [2.45, 2.75) is 39.3 Å². The fourth-order valence-corrected chi connectivity index (χ4v) is 4.36. The first-order chi connectivity index (χ1) is 13.1. The van der Waals surface area contributed by atoms with Crippen molar-refractivity contribution in [2.75, 3.05) is 31.6 Å². The van der Waals surface area contributed by atoms with Crippen molar-refractivity contribution < 1.29 is 9.90 Å². The van der Waals surface area contributed by atoms with E-state index in [2.05, 4.69) is 35.3 Å². The Morgan fingerprint density at radius 3 is 2.74 bits per heavy atom. The standard InChI is InChI=1S/C21H29N3O2S/c1-17-8-9-20(27-17)16-24(12-13-25)21(26)22-19-7-5-6-18(14-19)15-23-10-3-2-4-11-23/h5-9,14,25H,2-4,10-13,15-16H2,1H3,(H,22,26). The second-order valence-corrected chi connectivity index (χ2v) is 8.50. The van der Waals surface area contributed by atoms with Crippen molar-refractivity contribution in [3.8, 4) is 0 Å². The van der Waals surface area contributed by atoms with Gasteiger partial charge in [0.05, 0.1) is 13.2 Å². The summed E-state index contributed by atoms with van der Waals surface area (Å²) in [5, 5.41) is 12.3. The number of likely N-dealkylation sites (tertiary alicyclic amines) is 1. The topological polar surface area (TPSA) is 55.8 Å². The molecule has 0 aliphatic carbocycles.